The summed E-state index contributed by atoms with van der Waals surface area (Å²) in [6, 6.07) is 12.7. The fourth-order valence-electron chi connectivity index (χ4n) is 2.15. The van der Waals surface area contributed by atoms with Crippen LogP contribution in [0, 0.1) is 6.92 Å². The van der Waals surface area contributed by atoms with Crippen molar-refractivity contribution in [2.24, 2.45) is 0 Å². The van der Waals surface area contributed by atoms with Crippen LogP contribution in [0.25, 0.3) is 11.0 Å². The predicted octanol–water partition coefficient (Wildman–Crippen LogP) is 4.54. The second-order valence-corrected chi connectivity index (χ2v) is 5.23. The van der Waals surface area contributed by atoms with Crippen LogP contribution in [0.1, 0.15) is 11.1 Å². The van der Waals surface area contributed by atoms with Gasteiger partial charge in [0.05, 0.1) is 12.7 Å². The number of hydrogen-bond acceptors (Lipinski definition) is 3. The number of carbonyl (C=O) groups excluding carboxylic acids is 1. The highest BCUT2D eigenvalue weighted by Crippen LogP contribution is 2.28. The highest BCUT2D eigenvalue weighted by atomic mass is 35.5. The summed E-state index contributed by atoms with van der Waals surface area (Å²) in [5.74, 6) is 0.199. The smallest absolute Gasteiger partial charge is 0.315 e. The molecule has 2 aromatic carbocycles. The van der Waals surface area contributed by atoms with Crippen LogP contribution < -0.4 is 4.74 Å². The van der Waals surface area contributed by atoms with E-state index < -0.39 is 0 Å². The van der Waals surface area contributed by atoms with Gasteiger partial charge in [-0.25, -0.2) is 0 Å². The monoisotopic (exact) mass is 300 g/mol. The molecule has 0 fully saturated rings. The molecule has 0 radical (unpaired) electrons. The van der Waals surface area contributed by atoms with Crippen LogP contribution in [-0.4, -0.2) is 5.97 Å². The van der Waals surface area contributed by atoms with E-state index in [1.807, 2.05) is 37.3 Å². The van der Waals surface area contributed by atoms with Crippen molar-refractivity contribution in [2.45, 2.75) is 13.3 Å². The van der Waals surface area contributed by atoms with Gasteiger partial charge < -0.3 is 9.15 Å². The lowest BCUT2D eigenvalue weighted by Crippen LogP contribution is -2.10. The Morgan fingerprint density at radius 1 is 1.24 bits per heavy atom. The largest absolute Gasteiger partial charge is 0.464 e. The first-order valence-electron chi connectivity index (χ1n) is 6.55. The first kappa shape index (κ1) is 13.7. The molecule has 106 valence electrons. The first-order chi connectivity index (χ1) is 10.1. The SMILES string of the molecule is Cc1cc2occ(CC(=O)Oc3ccccc3)c2cc1Cl. The Morgan fingerprint density at radius 2 is 2.00 bits per heavy atom. The lowest BCUT2D eigenvalue weighted by atomic mass is 10.1. The normalized spacial score (nSPS) is 10.8. The summed E-state index contributed by atoms with van der Waals surface area (Å²) in [5.41, 5.74) is 2.43. The van der Waals surface area contributed by atoms with Crippen molar-refractivity contribution in [1.29, 1.82) is 0 Å². The second-order valence-electron chi connectivity index (χ2n) is 4.82. The number of esters is 1. The van der Waals surface area contributed by atoms with Gasteiger partial charge in [0, 0.05) is 16.0 Å². The Hall–Kier alpha value is -2.26. The molecule has 0 amide bonds. The molecule has 4 heteroatoms. The van der Waals surface area contributed by atoms with Gasteiger partial charge in [-0.05, 0) is 36.8 Å². The van der Waals surface area contributed by atoms with E-state index in [1.165, 1.54) is 0 Å². The van der Waals surface area contributed by atoms with Gasteiger partial charge in [0.1, 0.15) is 11.3 Å². The number of fused-ring (bicyclic) bond motifs is 1. The molecular weight excluding hydrogens is 288 g/mol. The molecule has 0 saturated carbocycles. The number of rotatable bonds is 3. The zero-order chi connectivity index (χ0) is 14.8. The van der Waals surface area contributed by atoms with Gasteiger partial charge in [-0.2, -0.15) is 0 Å². The Kier molecular flexibility index (Phi) is 3.67. The molecule has 0 spiro atoms. The maximum absolute atomic E-state index is 12.0. The Morgan fingerprint density at radius 3 is 2.76 bits per heavy atom. The van der Waals surface area contributed by atoms with Crippen LogP contribution >= 0.6 is 11.6 Å². The maximum Gasteiger partial charge on any atom is 0.315 e. The number of para-hydroxylation sites is 1. The number of hydrogen-bond donors (Lipinski definition) is 0. The standard InChI is InChI=1S/C17H13ClO3/c1-11-7-16-14(9-15(11)18)12(10-20-16)8-17(19)21-13-5-3-2-4-6-13/h2-7,9-10H,8H2,1H3. The zero-order valence-electron chi connectivity index (χ0n) is 11.4. The van der Waals surface area contributed by atoms with Gasteiger partial charge in [0.25, 0.3) is 0 Å². The van der Waals surface area contributed by atoms with Crippen molar-refractivity contribution in [1.82, 2.24) is 0 Å². The molecule has 0 aliphatic carbocycles. The third-order valence-electron chi connectivity index (χ3n) is 3.24. The zero-order valence-corrected chi connectivity index (χ0v) is 12.2. The van der Waals surface area contributed by atoms with Crippen molar-refractivity contribution in [3.63, 3.8) is 0 Å². The molecule has 3 rings (SSSR count). The lowest BCUT2D eigenvalue weighted by molar-refractivity contribution is -0.133. The van der Waals surface area contributed by atoms with Gasteiger partial charge >= 0.3 is 5.97 Å². The van der Waals surface area contributed by atoms with Crippen molar-refractivity contribution >= 4 is 28.5 Å². The number of benzene rings is 2. The molecule has 21 heavy (non-hydrogen) atoms. The van der Waals surface area contributed by atoms with Crippen molar-refractivity contribution in [3.05, 3.63) is 64.9 Å². The van der Waals surface area contributed by atoms with Crippen LogP contribution in [0.2, 0.25) is 5.02 Å². The summed E-state index contributed by atoms with van der Waals surface area (Å²) in [6.07, 6.45) is 1.72. The van der Waals surface area contributed by atoms with Crippen molar-refractivity contribution in [3.8, 4) is 5.75 Å². The summed E-state index contributed by atoms with van der Waals surface area (Å²) < 4.78 is 10.7. The van der Waals surface area contributed by atoms with Crippen molar-refractivity contribution in [2.75, 3.05) is 0 Å². The van der Waals surface area contributed by atoms with E-state index in [0.29, 0.717) is 10.8 Å². The van der Waals surface area contributed by atoms with Crippen LogP contribution in [0.5, 0.6) is 5.75 Å². The molecule has 0 bridgehead atoms. The number of aryl methyl sites for hydroxylation is 1. The number of furan rings is 1. The van der Waals surface area contributed by atoms with E-state index >= 15 is 0 Å². The Labute approximate surface area is 127 Å². The van der Waals surface area contributed by atoms with Crippen LogP contribution in [0.15, 0.2) is 53.1 Å². The molecule has 3 aromatic rings. The number of ether oxygens (including phenoxy) is 1. The highest BCUT2D eigenvalue weighted by molar-refractivity contribution is 6.32. The van der Waals surface area contributed by atoms with E-state index in [4.69, 9.17) is 20.8 Å². The van der Waals surface area contributed by atoms with Crippen LogP contribution in [-0.2, 0) is 11.2 Å². The number of carbonyl (C=O) groups is 1. The maximum atomic E-state index is 12.0. The van der Waals surface area contributed by atoms with E-state index in [1.54, 1.807) is 18.4 Å². The molecule has 1 aromatic heterocycles. The first-order valence-corrected chi connectivity index (χ1v) is 6.93. The molecule has 0 saturated heterocycles. The van der Waals surface area contributed by atoms with E-state index in [-0.39, 0.29) is 12.4 Å². The lowest BCUT2D eigenvalue weighted by Gasteiger charge is -2.03. The summed E-state index contributed by atoms with van der Waals surface area (Å²) >= 11 is 6.13. The average molecular weight is 301 g/mol. The average Bonchev–Trinajstić information content (AvgIpc) is 2.83. The molecule has 0 atom stereocenters. The molecule has 1 heterocycles. The molecule has 0 N–H and O–H groups in total. The second kappa shape index (κ2) is 5.62. The molecule has 0 aliphatic heterocycles. The summed E-state index contributed by atoms with van der Waals surface area (Å²) in [5, 5.41) is 1.50. The predicted molar refractivity (Wildman–Crippen MR) is 81.7 cm³/mol. The summed E-state index contributed by atoms with van der Waals surface area (Å²) in [4.78, 5) is 12.0. The third-order valence-corrected chi connectivity index (χ3v) is 3.65. The van der Waals surface area contributed by atoms with E-state index in [0.717, 1.165) is 22.1 Å². The third kappa shape index (κ3) is 2.93. The van der Waals surface area contributed by atoms with Crippen molar-refractivity contribution < 1.29 is 13.9 Å². The molecule has 0 unspecified atom stereocenters. The highest BCUT2D eigenvalue weighted by Gasteiger charge is 2.13. The van der Waals surface area contributed by atoms with E-state index in [2.05, 4.69) is 0 Å². The van der Waals surface area contributed by atoms with Gasteiger partial charge in [-0.3, -0.25) is 4.79 Å². The minimum absolute atomic E-state index is 0.140. The fraction of sp³-hybridized carbons (Fsp3) is 0.118. The van der Waals surface area contributed by atoms with Gasteiger partial charge in [-0.15, -0.1) is 0 Å². The molecule has 0 aliphatic rings. The minimum atomic E-state index is -0.333. The molecule has 3 nitrogen and oxygen atoms in total. The van der Waals surface area contributed by atoms with Gasteiger partial charge in [-0.1, -0.05) is 29.8 Å². The fourth-order valence-corrected chi connectivity index (χ4v) is 2.31. The summed E-state index contributed by atoms with van der Waals surface area (Å²) in [6.45, 7) is 1.91. The quantitative estimate of drug-likeness (QED) is 0.526. The summed E-state index contributed by atoms with van der Waals surface area (Å²) in [7, 11) is 0. The van der Waals surface area contributed by atoms with E-state index in [9.17, 15) is 4.79 Å². The topological polar surface area (TPSA) is 39.4 Å². The Bertz CT molecular complexity index is 790. The number of halogens is 1. The van der Waals surface area contributed by atoms with Gasteiger partial charge in [0.2, 0.25) is 0 Å². The van der Waals surface area contributed by atoms with Gasteiger partial charge in [0.15, 0.2) is 0 Å². The minimum Gasteiger partial charge on any atom is -0.464 e. The Balaban J connectivity index is 1.82. The molecular formula is C17H13ClO3. The van der Waals surface area contributed by atoms with Crippen LogP contribution in [0.4, 0.5) is 0 Å². The van der Waals surface area contributed by atoms with Crippen LogP contribution in [0.3, 0.4) is 0 Å².